The molecular formula is C12H8F8S2. The van der Waals surface area contributed by atoms with E-state index < -0.39 is 34.5 Å². The van der Waals surface area contributed by atoms with Crippen LogP contribution in [0.15, 0.2) is 33.6 Å². The highest BCUT2D eigenvalue weighted by atomic mass is 32.2. The van der Waals surface area contributed by atoms with Crippen molar-refractivity contribution in [2.24, 2.45) is 0 Å². The van der Waals surface area contributed by atoms with Gasteiger partial charge in [0.1, 0.15) is 0 Å². The number of allylic oxidation sites excluding steroid dienone is 5. The highest BCUT2D eigenvalue weighted by Gasteiger charge is 2.47. The van der Waals surface area contributed by atoms with Crippen molar-refractivity contribution in [2.75, 3.05) is 0 Å². The first kappa shape index (κ1) is 19.1. The monoisotopic (exact) mass is 368 g/mol. The lowest BCUT2D eigenvalue weighted by Gasteiger charge is -2.22. The number of thioether (sulfide) groups is 1. The Labute approximate surface area is 129 Å². The van der Waals surface area contributed by atoms with Crippen molar-refractivity contribution < 1.29 is 35.1 Å². The number of thiocarbonyl (C=S) groups is 1. The van der Waals surface area contributed by atoms with Crippen LogP contribution in [0.3, 0.4) is 0 Å². The highest BCUT2D eigenvalue weighted by molar-refractivity contribution is 8.07. The predicted molar refractivity (Wildman–Crippen MR) is 72.0 cm³/mol. The average molecular weight is 368 g/mol. The van der Waals surface area contributed by atoms with Crippen molar-refractivity contribution in [3.05, 3.63) is 33.6 Å². The average Bonchev–Trinajstić information content (AvgIpc) is 2.37. The highest BCUT2D eigenvalue weighted by Crippen LogP contribution is 2.45. The van der Waals surface area contributed by atoms with Gasteiger partial charge < -0.3 is 0 Å². The Morgan fingerprint density at radius 3 is 2.09 bits per heavy atom. The first-order chi connectivity index (χ1) is 9.88. The fourth-order valence-electron chi connectivity index (χ4n) is 1.33. The van der Waals surface area contributed by atoms with E-state index in [1.807, 2.05) is 0 Å². The molecule has 0 unspecified atom stereocenters. The molecule has 22 heavy (non-hydrogen) atoms. The molecule has 0 saturated carbocycles. The first-order valence-corrected chi connectivity index (χ1v) is 6.78. The SMILES string of the molecule is CC1=C/C(=C/C(=S)C(F)(F)C(F)F)SC(C(F)(F)C(F)F)=C1. The maximum absolute atomic E-state index is 13.3. The summed E-state index contributed by atoms with van der Waals surface area (Å²) in [6, 6.07) is 0. The third-order valence-corrected chi connectivity index (χ3v) is 3.91. The number of hydrogen-bond acceptors (Lipinski definition) is 2. The van der Waals surface area contributed by atoms with Gasteiger partial charge >= 0.3 is 24.7 Å². The molecule has 0 bridgehead atoms. The van der Waals surface area contributed by atoms with Gasteiger partial charge in [-0.1, -0.05) is 24.0 Å². The molecule has 0 amide bonds. The van der Waals surface area contributed by atoms with Crippen molar-refractivity contribution in [1.29, 1.82) is 0 Å². The summed E-state index contributed by atoms with van der Waals surface area (Å²) < 4.78 is 102. The zero-order chi connectivity index (χ0) is 17.3. The maximum Gasteiger partial charge on any atom is 0.342 e. The third kappa shape index (κ3) is 4.09. The van der Waals surface area contributed by atoms with Crippen LogP contribution in [0.4, 0.5) is 35.1 Å². The third-order valence-electron chi connectivity index (χ3n) is 2.44. The maximum atomic E-state index is 13.3. The van der Waals surface area contributed by atoms with Crippen molar-refractivity contribution in [2.45, 2.75) is 31.6 Å². The standard InChI is InChI=1S/C12H8F8S2/c1-5-2-6(4-7(21)11(17,18)9(13)14)22-8(3-5)12(19,20)10(15)16/h2-4,9-10H,1H3/b6-4-. The van der Waals surface area contributed by atoms with Crippen molar-refractivity contribution in [3.63, 3.8) is 0 Å². The van der Waals surface area contributed by atoms with Gasteiger partial charge in [0.2, 0.25) is 0 Å². The van der Waals surface area contributed by atoms with Crippen LogP contribution in [0.5, 0.6) is 0 Å². The molecule has 10 heteroatoms. The molecule has 0 saturated heterocycles. The van der Waals surface area contributed by atoms with E-state index in [1.165, 1.54) is 6.92 Å². The Hall–Kier alpha value is -0.900. The van der Waals surface area contributed by atoms with Gasteiger partial charge in [-0.15, -0.1) is 0 Å². The van der Waals surface area contributed by atoms with E-state index in [0.29, 0.717) is 6.08 Å². The molecule has 1 heterocycles. The van der Waals surface area contributed by atoms with Crippen LogP contribution in [0.1, 0.15) is 6.92 Å². The largest absolute Gasteiger partial charge is 0.342 e. The first-order valence-electron chi connectivity index (χ1n) is 5.55. The molecular weight excluding hydrogens is 360 g/mol. The van der Waals surface area contributed by atoms with Crippen molar-refractivity contribution in [1.82, 2.24) is 0 Å². The molecule has 0 radical (unpaired) electrons. The summed E-state index contributed by atoms with van der Waals surface area (Å²) in [5.74, 6) is -9.09. The van der Waals surface area contributed by atoms with Crippen LogP contribution in [0.2, 0.25) is 0 Å². The predicted octanol–water partition coefficient (Wildman–Crippen LogP) is 5.62. The summed E-state index contributed by atoms with van der Waals surface area (Å²) in [7, 11) is 0. The second-order valence-electron chi connectivity index (χ2n) is 4.26. The minimum atomic E-state index is -4.61. The van der Waals surface area contributed by atoms with E-state index in [4.69, 9.17) is 0 Å². The molecule has 0 nitrogen and oxygen atoms in total. The molecule has 0 aliphatic carbocycles. The fourth-order valence-corrected chi connectivity index (χ4v) is 2.77. The Morgan fingerprint density at radius 2 is 1.64 bits per heavy atom. The summed E-state index contributed by atoms with van der Waals surface area (Å²) in [5, 5.41) is 0. The zero-order valence-electron chi connectivity index (χ0n) is 10.7. The molecule has 0 N–H and O–H groups in total. The van der Waals surface area contributed by atoms with Crippen LogP contribution >= 0.6 is 24.0 Å². The van der Waals surface area contributed by atoms with Gasteiger partial charge in [-0.2, -0.15) is 17.6 Å². The van der Waals surface area contributed by atoms with Crippen LogP contribution in [-0.2, 0) is 0 Å². The summed E-state index contributed by atoms with van der Waals surface area (Å²) in [5.41, 5.74) is 0.0727. The molecule has 1 rings (SSSR count). The molecule has 0 aromatic heterocycles. The summed E-state index contributed by atoms with van der Waals surface area (Å²) in [4.78, 5) is -2.88. The molecule has 0 atom stereocenters. The second-order valence-corrected chi connectivity index (χ2v) is 5.81. The Kier molecular flexibility index (Phi) is 5.82. The van der Waals surface area contributed by atoms with Gasteiger partial charge in [-0.25, -0.2) is 17.6 Å². The quantitative estimate of drug-likeness (QED) is 0.351. The fraction of sp³-hybridized carbons (Fsp3) is 0.417. The number of alkyl halides is 8. The molecule has 1 aliphatic heterocycles. The van der Waals surface area contributed by atoms with Gasteiger partial charge in [0, 0.05) is 4.91 Å². The number of rotatable bonds is 5. The molecule has 1 aliphatic rings. The van der Waals surface area contributed by atoms with E-state index in [-0.39, 0.29) is 22.2 Å². The van der Waals surface area contributed by atoms with Crippen LogP contribution in [0, 0.1) is 0 Å². The van der Waals surface area contributed by atoms with Crippen LogP contribution in [-0.4, -0.2) is 29.6 Å². The minimum Gasteiger partial charge on any atom is -0.203 e. The summed E-state index contributed by atoms with van der Waals surface area (Å²) >= 11 is 4.24. The summed E-state index contributed by atoms with van der Waals surface area (Å²) in [6.45, 7) is 1.27. The smallest absolute Gasteiger partial charge is 0.203 e. The lowest BCUT2D eigenvalue weighted by atomic mass is 10.1. The molecule has 124 valence electrons. The Bertz CT molecular complexity index is 545. The minimum absolute atomic E-state index is 0.0727. The van der Waals surface area contributed by atoms with E-state index >= 15 is 0 Å². The van der Waals surface area contributed by atoms with E-state index in [1.54, 1.807) is 0 Å². The Morgan fingerprint density at radius 1 is 1.09 bits per heavy atom. The molecule has 0 spiro atoms. The summed E-state index contributed by atoms with van der Waals surface area (Å²) in [6.07, 6.45) is -5.78. The van der Waals surface area contributed by atoms with Crippen LogP contribution in [0.25, 0.3) is 0 Å². The normalized spacial score (nSPS) is 18.8. The second kappa shape index (κ2) is 6.69. The number of hydrogen-bond donors (Lipinski definition) is 0. The molecule has 0 aromatic carbocycles. The van der Waals surface area contributed by atoms with Gasteiger partial charge in [0.25, 0.3) is 0 Å². The number of halogens is 8. The zero-order valence-corrected chi connectivity index (χ0v) is 12.4. The topological polar surface area (TPSA) is 0 Å². The van der Waals surface area contributed by atoms with Gasteiger partial charge in [-0.05, 0) is 30.7 Å². The van der Waals surface area contributed by atoms with Crippen LogP contribution < -0.4 is 0 Å². The molecule has 0 aromatic rings. The van der Waals surface area contributed by atoms with Gasteiger partial charge in [0.05, 0.1) is 9.77 Å². The van der Waals surface area contributed by atoms with Crippen molar-refractivity contribution >= 4 is 28.8 Å². The molecule has 0 fully saturated rings. The lowest BCUT2D eigenvalue weighted by Crippen LogP contribution is -2.34. The van der Waals surface area contributed by atoms with E-state index in [0.717, 1.165) is 12.2 Å². The van der Waals surface area contributed by atoms with Gasteiger partial charge in [0.15, 0.2) is 0 Å². The van der Waals surface area contributed by atoms with E-state index in [2.05, 4.69) is 12.2 Å². The van der Waals surface area contributed by atoms with E-state index in [9.17, 15) is 35.1 Å². The Balaban J connectivity index is 3.10. The van der Waals surface area contributed by atoms with Crippen molar-refractivity contribution in [3.8, 4) is 0 Å². The lowest BCUT2D eigenvalue weighted by molar-refractivity contribution is -0.0934. The van der Waals surface area contributed by atoms with Gasteiger partial charge in [-0.3, -0.25) is 0 Å².